The fraction of sp³-hybridized carbons (Fsp3) is 1.00. The summed E-state index contributed by atoms with van der Waals surface area (Å²) in [5.41, 5.74) is 0. The van der Waals surface area contributed by atoms with E-state index in [0.717, 1.165) is 12.8 Å². The first kappa shape index (κ1) is 28.7. The van der Waals surface area contributed by atoms with Crippen molar-refractivity contribution in [3.63, 3.8) is 0 Å². The summed E-state index contributed by atoms with van der Waals surface area (Å²) < 4.78 is 55.9. The lowest BCUT2D eigenvalue weighted by molar-refractivity contribution is -0.165. The third kappa shape index (κ3) is 16.9. The molecule has 0 aromatic carbocycles. The Kier molecular flexibility index (Phi) is 16.0. The Hall–Kier alpha value is -0.290. The third-order valence-corrected chi connectivity index (χ3v) is 5.83. The first-order valence-electron chi connectivity index (χ1n) is 11.9. The highest BCUT2D eigenvalue weighted by Crippen LogP contribution is 2.29. The average Bonchev–Trinajstić information content (AvgIpc) is 3.08. The minimum atomic E-state index is -4.40. The molecule has 1 aliphatic rings. The monoisotopic (exact) mass is 468 g/mol. The molecule has 0 aliphatic carbocycles. The summed E-state index contributed by atoms with van der Waals surface area (Å²) >= 11 is 0. The van der Waals surface area contributed by atoms with E-state index in [9.17, 15) is 8.42 Å². The maximum Gasteiger partial charge on any atom is 0.397 e. The van der Waals surface area contributed by atoms with Crippen molar-refractivity contribution < 1.29 is 36.1 Å². The van der Waals surface area contributed by atoms with E-state index in [2.05, 4.69) is 11.1 Å². The van der Waals surface area contributed by atoms with E-state index in [4.69, 9.17) is 23.5 Å². The molecule has 1 heterocycles. The summed E-state index contributed by atoms with van der Waals surface area (Å²) in [5, 5.41) is 0. The van der Waals surface area contributed by atoms with Gasteiger partial charge in [-0.25, -0.2) is 4.18 Å². The average molecular weight is 469 g/mol. The number of rotatable bonds is 21. The molecule has 1 fully saturated rings. The van der Waals surface area contributed by atoms with Crippen LogP contribution in [-0.4, -0.2) is 64.5 Å². The Morgan fingerprint density at radius 1 is 0.871 bits per heavy atom. The quantitative estimate of drug-likeness (QED) is 0.192. The highest BCUT2D eigenvalue weighted by molar-refractivity contribution is 7.80. The molecule has 1 rings (SSSR count). The Bertz CT molecular complexity index is 528. The molecular weight excluding hydrogens is 424 g/mol. The third-order valence-electron chi connectivity index (χ3n) is 5.36. The molecule has 31 heavy (non-hydrogen) atoms. The van der Waals surface area contributed by atoms with Crippen LogP contribution in [-0.2, 0) is 33.5 Å². The summed E-state index contributed by atoms with van der Waals surface area (Å²) in [5.74, 6) is -0.517. The van der Waals surface area contributed by atoms with Crippen molar-refractivity contribution in [2.24, 2.45) is 0 Å². The van der Waals surface area contributed by atoms with Gasteiger partial charge in [0, 0.05) is 6.42 Å². The van der Waals surface area contributed by atoms with Crippen LogP contribution in [0.1, 0.15) is 90.9 Å². The molecule has 0 aromatic heterocycles. The van der Waals surface area contributed by atoms with E-state index in [1.165, 1.54) is 64.2 Å². The predicted octanol–water partition coefficient (Wildman–Crippen LogP) is 4.67. The van der Waals surface area contributed by atoms with Crippen LogP contribution in [0, 0.1) is 0 Å². The molecule has 9 heteroatoms. The number of hydrogen-bond acceptors (Lipinski definition) is 7. The number of hydrogen-bond donors (Lipinski definition) is 1. The molecular formula is C22H44O8S. The molecule has 0 aromatic rings. The van der Waals surface area contributed by atoms with Gasteiger partial charge in [0.2, 0.25) is 0 Å². The largest absolute Gasteiger partial charge is 0.397 e. The highest BCUT2D eigenvalue weighted by atomic mass is 32.3. The van der Waals surface area contributed by atoms with Crippen LogP contribution in [0.15, 0.2) is 0 Å². The summed E-state index contributed by atoms with van der Waals surface area (Å²) in [4.78, 5) is 0. The van der Waals surface area contributed by atoms with Crippen molar-refractivity contribution in [1.29, 1.82) is 0 Å². The van der Waals surface area contributed by atoms with Gasteiger partial charge in [-0.3, -0.25) is 4.55 Å². The van der Waals surface area contributed by atoms with E-state index < -0.39 is 16.2 Å². The van der Waals surface area contributed by atoms with Crippen LogP contribution in [0.5, 0.6) is 0 Å². The zero-order chi connectivity index (χ0) is 22.8. The second-order valence-corrected chi connectivity index (χ2v) is 9.50. The molecule has 0 bridgehead atoms. The van der Waals surface area contributed by atoms with Crippen molar-refractivity contribution in [3.8, 4) is 0 Å². The van der Waals surface area contributed by atoms with E-state index in [-0.39, 0.29) is 19.3 Å². The number of unbranched alkanes of at least 4 members (excludes halogenated alkanes) is 10. The molecule has 2 unspecified atom stereocenters. The van der Waals surface area contributed by atoms with E-state index in [1.54, 1.807) is 0 Å². The lowest BCUT2D eigenvalue weighted by atomic mass is 10.0. The zero-order valence-electron chi connectivity index (χ0n) is 19.5. The normalized spacial score (nSPS) is 21.7. The maximum absolute atomic E-state index is 10.4. The summed E-state index contributed by atoms with van der Waals surface area (Å²) in [6, 6.07) is 0. The van der Waals surface area contributed by atoms with Gasteiger partial charge in [-0.1, -0.05) is 71.1 Å². The standard InChI is InChI=1S/C22H44O8S/c1-3-4-5-6-7-8-9-10-11-12-13-14-22(2)28-20-21(30-22)19-27-16-15-26-17-18-29-31(23,24)25/h21H,3-20H2,1-2H3,(H,23,24,25). The highest BCUT2D eigenvalue weighted by Gasteiger charge is 2.36. The summed E-state index contributed by atoms with van der Waals surface area (Å²) in [6.45, 7) is 5.71. The van der Waals surface area contributed by atoms with Crippen molar-refractivity contribution >= 4 is 10.4 Å². The Morgan fingerprint density at radius 2 is 1.42 bits per heavy atom. The van der Waals surface area contributed by atoms with E-state index >= 15 is 0 Å². The molecule has 0 amide bonds. The van der Waals surface area contributed by atoms with Crippen LogP contribution < -0.4 is 0 Å². The second-order valence-electron chi connectivity index (χ2n) is 8.41. The molecule has 2 atom stereocenters. The van der Waals surface area contributed by atoms with Crippen LogP contribution in [0.4, 0.5) is 0 Å². The fourth-order valence-electron chi connectivity index (χ4n) is 3.65. The van der Waals surface area contributed by atoms with Crippen LogP contribution in [0.25, 0.3) is 0 Å². The second kappa shape index (κ2) is 17.2. The molecule has 186 valence electrons. The van der Waals surface area contributed by atoms with Crippen molar-refractivity contribution in [3.05, 3.63) is 0 Å². The van der Waals surface area contributed by atoms with Gasteiger partial charge in [0.1, 0.15) is 6.10 Å². The minimum absolute atomic E-state index is 0.0587. The molecule has 1 N–H and O–H groups in total. The van der Waals surface area contributed by atoms with E-state index in [0.29, 0.717) is 26.4 Å². The summed E-state index contributed by atoms with van der Waals surface area (Å²) in [6.07, 6.45) is 15.4. The number of ether oxygens (including phenoxy) is 4. The zero-order valence-corrected chi connectivity index (χ0v) is 20.3. The van der Waals surface area contributed by atoms with Gasteiger partial charge in [0.25, 0.3) is 0 Å². The predicted molar refractivity (Wildman–Crippen MR) is 119 cm³/mol. The minimum Gasteiger partial charge on any atom is -0.377 e. The van der Waals surface area contributed by atoms with Gasteiger partial charge in [0.15, 0.2) is 5.79 Å². The van der Waals surface area contributed by atoms with Gasteiger partial charge >= 0.3 is 10.4 Å². The Labute approximate surface area is 189 Å². The van der Waals surface area contributed by atoms with Gasteiger partial charge in [-0.15, -0.1) is 0 Å². The summed E-state index contributed by atoms with van der Waals surface area (Å²) in [7, 11) is -4.40. The lowest BCUT2D eigenvalue weighted by Gasteiger charge is -2.23. The molecule has 0 spiro atoms. The van der Waals surface area contributed by atoms with Gasteiger partial charge in [-0.2, -0.15) is 8.42 Å². The molecule has 0 radical (unpaired) electrons. The van der Waals surface area contributed by atoms with Gasteiger partial charge in [0.05, 0.1) is 39.6 Å². The Balaban J connectivity index is 1.91. The maximum atomic E-state index is 10.4. The SMILES string of the molecule is CCCCCCCCCCCCCC1(C)OCC(COCCOCCOS(=O)(=O)O)O1. The molecule has 1 aliphatic heterocycles. The molecule has 0 saturated carbocycles. The Morgan fingerprint density at radius 3 is 2.03 bits per heavy atom. The smallest absolute Gasteiger partial charge is 0.377 e. The molecule has 8 nitrogen and oxygen atoms in total. The van der Waals surface area contributed by atoms with Gasteiger partial charge in [-0.05, 0) is 13.3 Å². The van der Waals surface area contributed by atoms with Crippen molar-refractivity contribution in [2.45, 2.75) is 103 Å². The van der Waals surface area contributed by atoms with Crippen LogP contribution >= 0.6 is 0 Å². The fourth-order valence-corrected chi connectivity index (χ4v) is 3.92. The van der Waals surface area contributed by atoms with Crippen molar-refractivity contribution in [2.75, 3.05) is 39.6 Å². The van der Waals surface area contributed by atoms with Crippen molar-refractivity contribution in [1.82, 2.24) is 0 Å². The van der Waals surface area contributed by atoms with E-state index in [1.807, 2.05) is 6.92 Å². The first-order valence-corrected chi connectivity index (χ1v) is 13.3. The first-order chi connectivity index (χ1) is 14.8. The van der Waals surface area contributed by atoms with Gasteiger partial charge < -0.3 is 18.9 Å². The van der Waals surface area contributed by atoms with Crippen LogP contribution in [0.3, 0.4) is 0 Å². The topological polar surface area (TPSA) is 101 Å². The van der Waals surface area contributed by atoms with Crippen LogP contribution in [0.2, 0.25) is 0 Å². The lowest BCUT2D eigenvalue weighted by Crippen LogP contribution is -2.28. The molecule has 1 saturated heterocycles.